The number of carbonyl (C=O) groups excluding carboxylic acids is 1. The molecule has 0 unspecified atom stereocenters. The molecule has 0 atom stereocenters. The molecule has 0 radical (unpaired) electrons. The van der Waals surface area contributed by atoms with Crippen LogP contribution in [-0.4, -0.2) is 46.1 Å². The molecule has 0 aliphatic carbocycles. The van der Waals surface area contributed by atoms with Crippen LogP contribution in [0.1, 0.15) is 18.3 Å². The summed E-state index contributed by atoms with van der Waals surface area (Å²) in [6.45, 7) is 4.14. The van der Waals surface area contributed by atoms with Gasteiger partial charge in [-0.1, -0.05) is 5.21 Å². The Kier molecular flexibility index (Phi) is 3.19. The van der Waals surface area contributed by atoms with Crippen LogP contribution in [0.15, 0.2) is 0 Å². The number of ether oxygens (including phenoxy) is 1. The summed E-state index contributed by atoms with van der Waals surface area (Å²) >= 11 is 0. The molecule has 0 amide bonds. The number of carbonyl (C=O) groups is 1. The molecule has 0 spiro atoms. The molecule has 0 saturated heterocycles. The highest BCUT2D eigenvalue weighted by Crippen LogP contribution is 2.14. The first-order valence-corrected chi connectivity index (χ1v) is 5.46. The van der Waals surface area contributed by atoms with E-state index in [2.05, 4.69) is 15.2 Å². The van der Waals surface area contributed by atoms with Crippen molar-refractivity contribution in [3.8, 4) is 0 Å². The molecule has 6 heteroatoms. The van der Waals surface area contributed by atoms with Gasteiger partial charge >= 0.3 is 5.97 Å². The summed E-state index contributed by atoms with van der Waals surface area (Å²) in [5.41, 5.74) is 2.03. The van der Waals surface area contributed by atoms with Crippen LogP contribution in [0.4, 0.5) is 0 Å². The largest absolute Gasteiger partial charge is 0.465 e. The number of rotatable bonds is 3. The minimum absolute atomic E-state index is 0.167. The van der Waals surface area contributed by atoms with Crippen LogP contribution in [0, 0.1) is 0 Å². The average Bonchev–Trinajstić information content (AvgIpc) is 2.61. The second-order valence-corrected chi connectivity index (χ2v) is 3.93. The molecule has 88 valence electrons. The van der Waals surface area contributed by atoms with Crippen molar-refractivity contribution < 1.29 is 9.53 Å². The minimum Gasteiger partial charge on any atom is -0.465 e. The smallest absolute Gasteiger partial charge is 0.327 e. The number of aromatic nitrogens is 3. The summed E-state index contributed by atoms with van der Waals surface area (Å²) in [5.74, 6) is -0.255. The summed E-state index contributed by atoms with van der Waals surface area (Å²) < 4.78 is 6.54. The number of hydrogen-bond acceptors (Lipinski definition) is 5. The topological polar surface area (TPSA) is 60.3 Å². The third-order valence-corrected chi connectivity index (χ3v) is 2.65. The van der Waals surface area contributed by atoms with E-state index in [1.807, 2.05) is 7.05 Å². The third-order valence-electron chi connectivity index (χ3n) is 2.65. The Labute approximate surface area is 94.2 Å². The second-order valence-electron chi connectivity index (χ2n) is 3.93. The Hall–Kier alpha value is -1.43. The van der Waals surface area contributed by atoms with E-state index in [1.165, 1.54) is 0 Å². The van der Waals surface area contributed by atoms with Crippen LogP contribution in [0.5, 0.6) is 0 Å². The van der Waals surface area contributed by atoms with E-state index in [4.69, 9.17) is 4.74 Å². The fraction of sp³-hybridized carbons (Fsp3) is 0.700. The SMILES string of the molecule is CCOC(=O)Cn1nnc2c1CCN(C)C2. The zero-order valence-electron chi connectivity index (χ0n) is 9.64. The van der Waals surface area contributed by atoms with Gasteiger partial charge in [-0.2, -0.15) is 0 Å². The summed E-state index contributed by atoms with van der Waals surface area (Å²) in [5, 5.41) is 8.08. The Bertz CT molecular complexity index is 388. The first kappa shape index (κ1) is 11.1. The van der Waals surface area contributed by atoms with Crippen LogP contribution >= 0.6 is 0 Å². The molecule has 1 aliphatic heterocycles. The number of nitrogens with zero attached hydrogens (tertiary/aromatic N) is 4. The van der Waals surface area contributed by atoms with Crippen molar-refractivity contribution in [2.24, 2.45) is 0 Å². The van der Waals surface area contributed by atoms with Gasteiger partial charge in [-0.3, -0.25) is 4.79 Å². The molecule has 0 aromatic carbocycles. The Morgan fingerprint density at radius 1 is 1.56 bits per heavy atom. The van der Waals surface area contributed by atoms with Crippen molar-refractivity contribution in [2.75, 3.05) is 20.2 Å². The van der Waals surface area contributed by atoms with Gasteiger partial charge in [0.2, 0.25) is 0 Å². The Morgan fingerprint density at radius 2 is 2.38 bits per heavy atom. The molecule has 1 aromatic rings. The van der Waals surface area contributed by atoms with Crippen molar-refractivity contribution in [1.29, 1.82) is 0 Å². The van der Waals surface area contributed by atoms with E-state index in [-0.39, 0.29) is 12.5 Å². The third kappa shape index (κ3) is 2.21. The van der Waals surface area contributed by atoms with Gasteiger partial charge in [-0.05, 0) is 14.0 Å². The zero-order chi connectivity index (χ0) is 11.5. The summed E-state index contributed by atoms with van der Waals surface area (Å²) in [7, 11) is 2.05. The van der Waals surface area contributed by atoms with E-state index < -0.39 is 0 Å². The van der Waals surface area contributed by atoms with Crippen LogP contribution in [0.3, 0.4) is 0 Å². The first-order valence-electron chi connectivity index (χ1n) is 5.46. The normalized spacial score (nSPS) is 15.9. The van der Waals surface area contributed by atoms with Gasteiger partial charge < -0.3 is 9.64 Å². The summed E-state index contributed by atoms with van der Waals surface area (Å²) in [4.78, 5) is 13.5. The van der Waals surface area contributed by atoms with Gasteiger partial charge in [0.15, 0.2) is 0 Å². The lowest BCUT2D eigenvalue weighted by atomic mass is 10.1. The van der Waals surface area contributed by atoms with Gasteiger partial charge in [0.25, 0.3) is 0 Å². The maximum atomic E-state index is 11.3. The fourth-order valence-corrected chi connectivity index (χ4v) is 1.85. The molecule has 1 aromatic heterocycles. The first-order chi connectivity index (χ1) is 7.70. The Morgan fingerprint density at radius 3 is 3.12 bits per heavy atom. The summed E-state index contributed by atoms with van der Waals surface area (Å²) in [6, 6.07) is 0. The summed E-state index contributed by atoms with van der Waals surface area (Å²) in [6.07, 6.45) is 0.887. The maximum absolute atomic E-state index is 11.3. The van der Waals surface area contributed by atoms with Gasteiger partial charge in [0.1, 0.15) is 6.54 Å². The molecule has 6 nitrogen and oxygen atoms in total. The van der Waals surface area contributed by atoms with Gasteiger partial charge in [-0.15, -0.1) is 5.10 Å². The van der Waals surface area contributed by atoms with E-state index >= 15 is 0 Å². The molecule has 0 fully saturated rings. The molecular formula is C10H16N4O2. The van der Waals surface area contributed by atoms with E-state index in [0.717, 1.165) is 30.9 Å². The predicted molar refractivity (Wildman–Crippen MR) is 56.7 cm³/mol. The van der Waals surface area contributed by atoms with Crippen LogP contribution in [0.2, 0.25) is 0 Å². The quantitative estimate of drug-likeness (QED) is 0.667. The standard InChI is InChI=1S/C10H16N4O2/c1-3-16-10(15)7-14-9-4-5-13(2)6-8(9)11-12-14/h3-7H2,1-2H3. The minimum atomic E-state index is -0.255. The highest BCUT2D eigenvalue weighted by Gasteiger charge is 2.20. The molecular weight excluding hydrogens is 208 g/mol. The van der Waals surface area contributed by atoms with Crippen LogP contribution in [0.25, 0.3) is 0 Å². The van der Waals surface area contributed by atoms with Crippen molar-refractivity contribution >= 4 is 5.97 Å². The lowest BCUT2D eigenvalue weighted by Crippen LogP contribution is -2.28. The fourth-order valence-electron chi connectivity index (χ4n) is 1.85. The lowest BCUT2D eigenvalue weighted by Gasteiger charge is -2.21. The van der Waals surface area contributed by atoms with Crippen molar-refractivity contribution in [1.82, 2.24) is 19.9 Å². The highest BCUT2D eigenvalue weighted by molar-refractivity contribution is 5.69. The predicted octanol–water partition coefficient (Wildman–Crippen LogP) is -0.171. The van der Waals surface area contributed by atoms with Crippen molar-refractivity contribution in [3.05, 3.63) is 11.4 Å². The van der Waals surface area contributed by atoms with Gasteiger partial charge in [0, 0.05) is 19.5 Å². The molecule has 16 heavy (non-hydrogen) atoms. The van der Waals surface area contributed by atoms with E-state index in [1.54, 1.807) is 11.6 Å². The molecule has 2 heterocycles. The lowest BCUT2D eigenvalue weighted by molar-refractivity contribution is -0.144. The zero-order valence-corrected chi connectivity index (χ0v) is 9.64. The van der Waals surface area contributed by atoms with Gasteiger partial charge in [-0.25, -0.2) is 4.68 Å². The molecule has 0 saturated carbocycles. The number of fused-ring (bicyclic) bond motifs is 1. The van der Waals surface area contributed by atoms with E-state index in [0.29, 0.717) is 6.61 Å². The number of hydrogen-bond donors (Lipinski definition) is 0. The maximum Gasteiger partial charge on any atom is 0.327 e. The van der Waals surface area contributed by atoms with Crippen molar-refractivity contribution in [2.45, 2.75) is 26.4 Å². The van der Waals surface area contributed by atoms with Crippen LogP contribution in [-0.2, 0) is 29.0 Å². The molecule has 1 aliphatic rings. The second kappa shape index (κ2) is 4.61. The Balaban J connectivity index is 2.09. The van der Waals surface area contributed by atoms with E-state index in [9.17, 15) is 4.79 Å². The molecule has 0 N–H and O–H groups in total. The number of esters is 1. The highest BCUT2D eigenvalue weighted by atomic mass is 16.5. The van der Waals surface area contributed by atoms with Gasteiger partial charge in [0.05, 0.1) is 18.0 Å². The molecule has 2 rings (SSSR count). The molecule has 0 bridgehead atoms. The van der Waals surface area contributed by atoms with Crippen molar-refractivity contribution in [3.63, 3.8) is 0 Å². The monoisotopic (exact) mass is 224 g/mol. The number of likely N-dealkylation sites (N-methyl/N-ethyl adjacent to an activating group) is 1. The van der Waals surface area contributed by atoms with Crippen LogP contribution < -0.4 is 0 Å². The average molecular weight is 224 g/mol.